The number of pyridine rings is 2. The van der Waals surface area contributed by atoms with Gasteiger partial charge in [-0.25, -0.2) is 24.4 Å². The van der Waals surface area contributed by atoms with Crippen LogP contribution in [-0.4, -0.2) is 58.3 Å². The number of oxazole rings is 2. The second-order valence-corrected chi connectivity index (χ2v) is 31.3. The number of rotatable bonds is 10. The van der Waals surface area contributed by atoms with Gasteiger partial charge < -0.3 is 41.4 Å². The van der Waals surface area contributed by atoms with E-state index in [1.54, 1.807) is 6.26 Å². The zero-order chi connectivity index (χ0) is 70.3. The van der Waals surface area contributed by atoms with Crippen LogP contribution in [0.5, 0.6) is 0 Å². The van der Waals surface area contributed by atoms with Crippen molar-refractivity contribution >= 4 is 178 Å². The van der Waals surface area contributed by atoms with Crippen molar-refractivity contribution in [2.75, 3.05) is 26.7 Å². The van der Waals surface area contributed by atoms with Crippen molar-refractivity contribution < 1.29 is 59.9 Å². The second kappa shape index (κ2) is 26.6. The molecular weight excluding hydrogens is 1730 g/mol. The fourth-order valence-electron chi connectivity index (χ4n) is 15.9. The van der Waals surface area contributed by atoms with Gasteiger partial charge in [-0.1, -0.05) is 200 Å². The zero-order valence-electron chi connectivity index (χ0n) is 58.1. The topological polar surface area (TPSA) is 146 Å². The Bertz CT molecular complexity index is 6800. The Kier molecular flexibility index (Phi) is 16.3. The molecule has 108 heavy (non-hydrogen) atoms. The van der Waals surface area contributed by atoms with Gasteiger partial charge in [0.05, 0.1) is 62.9 Å². The molecule has 0 amide bonds. The minimum absolute atomic E-state index is 0. The van der Waals surface area contributed by atoms with Crippen LogP contribution in [-0.2, 0) is 56.2 Å². The molecule has 22 rings (SSSR count). The van der Waals surface area contributed by atoms with E-state index in [2.05, 4.69) is 307 Å². The Hall–Kier alpha value is -12.4. The number of aromatic nitrogens is 9. The second-order valence-electron chi connectivity index (χ2n) is 26.7. The van der Waals surface area contributed by atoms with Crippen LogP contribution in [0.1, 0.15) is 0 Å². The molecule has 20 aromatic rings. The average Bonchev–Trinajstić information content (AvgIpc) is 1.52. The number of hydrogen-bond donors (Lipinski definition) is 1. The number of imidazole rings is 1. The normalized spacial score (nSPS) is 12.4. The third kappa shape index (κ3) is 10.5. The van der Waals surface area contributed by atoms with E-state index < -0.39 is 17.9 Å². The predicted octanol–water partition coefficient (Wildman–Crippen LogP) is 17.0. The van der Waals surface area contributed by atoms with E-state index >= 15 is 0 Å². The average molecular weight is 1790 g/mol. The van der Waals surface area contributed by atoms with Gasteiger partial charge in [0.2, 0.25) is 17.9 Å². The standard InChI is InChI=1S/C44H34N9OSi.C44H26N4O2Si.2Pt/c1-49-26-30(39-43(49)50(2)27-45-39)31-22-24-37-42(47-31)52(36-21-13-12-20-35(36)51(37)3)44-48-40-38(54-44)25-23-33-41(40)53(34-19-11-10-18-32(34)46-33)55(28-14-6-4-7-15-28)29-16-8-5-9-17-29;1-3-12-28(13-4-1)51(29-14-5-2-6-15-29)48-38-20-10-8-16-31(38)34-23-25-40-41(42(34)48)46-44(50-40)47-37-19-9-7-17-32(37)35-22-24-36(45-43(35)47)30-18-11-21-39-33(30)26-27-49-39;;/h4-27,46H,1-3H3;1-25,27H;;/q;-1;;. The van der Waals surface area contributed by atoms with Crippen LogP contribution in [0.4, 0.5) is 51.6 Å². The summed E-state index contributed by atoms with van der Waals surface area (Å²) in [6.45, 7) is 0. The summed E-state index contributed by atoms with van der Waals surface area (Å²) in [5, 5.41) is 14.2. The van der Waals surface area contributed by atoms with Crippen molar-refractivity contribution in [2.45, 2.75) is 0 Å². The van der Waals surface area contributed by atoms with Crippen LogP contribution in [0.2, 0.25) is 0 Å². The van der Waals surface area contributed by atoms with Gasteiger partial charge in [-0.3, -0.25) is 0 Å². The smallest absolute Gasteiger partial charge is 0.309 e. The summed E-state index contributed by atoms with van der Waals surface area (Å²) >= 11 is 0. The molecule has 0 saturated heterocycles. The molecule has 0 aliphatic carbocycles. The Labute approximate surface area is 650 Å². The summed E-state index contributed by atoms with van der Waals surface area (Å²) in [7, 11) is 2.99. The predicted molar refractivity (Wildman–Crippen MR) is 427 cm³/mol. The number of benzene rings is 11. The molecule has 2 aliphatic heterocycles. The van der Waals surface area contributed by atoms with Crippen LogP contribution >= 0.6 is 0 Å². The zero-order valence-corrected chi connectivity index (χ0v) is 64.6. The molecule has 0 spiro atoms. The molecule has 0 atom stereocenters. The summed E-state index contributed by atoms with van der Waals surface area (Å²) in [6.07, 6.45) is 5.55. The Balaban J connectivity index is 0.000000145. The van der Waals surface area contributed by atoms with Gasteiger partial charge in [-0.15, -0.1) is 17.5 Å². The molecule has 9 aromatic heterocycles. The SMILES string of the molecule is CN1c2ccccc2N(c2nc3c4c(ccc3o2)Nc2ccccc2N4[Si](c2ccccc2)c2ccccc2)c2nc(-c3cn(C)c4c3[n-]c[n+]4C)ccc21.[Pt].[Pt].[c-]1coc2cccc(-c3ccc4c5ccccc5n(-c5nc6c(ccc7c8ccccc8n([Si](c8ccccc8)c8ccccc8)c76)o5)c4n3)c12. The monoisotopic (exact) mass is 1790 g/mol. The van der Waals surface area contributed by atoms with E-state index in [9.17, 15) is 0 Å². The van der Waals surface area contributed by atoms with E-state index in [0.717, 1.165) is 140 Å². The first kappa shape index (κ1) is 66.3. The van der Waals surface area contributed by atoms with E-state index in [-0.39, 0.29) is 42.1 Å². The van der Waals surface area contributed by atoms with Crippen LogP contribution in [0, 0.1) is 6.07 Å². The van der Waals surface area contributed by atoms with Gasteiger partial charge in [-0.05, 0) is 106 Å². The van der Waals surface area contributed by atoms with Gasteiger partial charge in [0.15, 0.2) is 17.0 Å². The van der Waals surface area contributed by atoms with Crippen molar-refractivity contribution in [3.05, 3.63) is 310 Å². The number of aryl methyl sites for hydroxylation is 2. The molecule has 0 saturated carbocycles. The van der Waals surface area contributed by atoms with Crippen molar-refractivity contribution in [3.63, 3.8) is 0 Å². The van der Waals surface area contributed by atoms with Crippen LogP contribution in [0.3, 0.4) is 0 Å². The first-order chi connectivity index (χ1) is 52.3. The maximum Gasteiger partial charge on any atom is 0.309 e. The first-order valence-electron chi connectivity index (χ1n) is 35.1. The third-order valence-corrected chi connectivity index (χ3v) is 25.9. The minimum Gasteiger partial charge on any atom is -0.535 e. The Morgan fingerprint density at radius 3 is 1.78 bits per heavy atom. The Morgan fingerprint density at radius 1 is 0.463 bits per heavy atom. The molecule has 1 N–H and O–H groups in total. The molecule has 11 heterocycles. The van der Waals surface area contributed by atoms with Crippen LogP contribution < -0.4 is 50.0 Å². The van der Waals surface area contributed by atoms with Crippen LogP contribution in [0.15, 0.2) is 317 Å². The van der Waals surface area contributed by atoms with Gasteiger partial charge in [0.25, 0.3) is 0 Å². The van der Waals surface area contributed by atoms with E-state index in [1.807, 2.05) is 55.3 Å². The number of nitrogens with one attached hydrogen (secondary N) is 1. The number of fused-ring (bicyclic) bond motifs is 16. The Morgan fingerprint density at radius 2 is 1.05 bits per heavy atom. The first-order valence-corrected chi connectivity index (χ1v) is 38.0. The molecule has 2 radical (unpaired) electrons. The number of para-hydroxylation sites is 6. The van der Waals surface area contributed by atoms with Crippen molar-refractivity contribution in [3.8, 4) is 28.5 Å². The maximum atomic E-state index is 6.87. The molecule has 11 aromatic carbocycles. The summed E-state index contributed by atoms with van der Waals surface area (Å²) in [4.78, 5) is 30.5. The number of hydrogen-bond acceptors (Lipinski definition) is 11. The van der Waals surface area contributed by atoms with E-state index in [1.165, 1.54) is 31.6 Å². The molecule has 0 unspecified atom stereocenters. The molecule has 16 nitrogen and oxygen atoms in total. The van der Waals surface area contributed by atoms with E-state index in [4.69, 9.17) is 38.2 Å². The number of anilines is 9. The quantitative estimate of drug-likeness (QED) is 0.0790. The molecule has 524 valence electrons. The molecular formula is C88H60N13O3Pt2Si2-. The van der Waals surface area contributed by atoms with Gasteiger partial charge in [-0.2, -0.15) is 9.97 Å². The molecule has 20 heteroatoms. The van der Waals surface area contributed by atoms with E-state index in [0.29, 0.717) is 17.6 Å². The van der Waals surface area contributed by atoms with Gasteiger partial charge >= 0.3 is 12.0 Å². The maximum absolute atomic E-state index is 6.87. The number of furan rings is 1. The summed E-state index contributed by atoms with van der Waals surface area (Å²) in [5.74, 6) is 0.728. The summed E-state index contributed by atoms with van der Waals surface area (Å²) in [6, 6.07) is 104. The fourth-order valence-corrected chi connectivity index (χ4v) is 21.4. The van der Waals surface area contributed by atoms with Gasteiger partial charge in [0.1, 0.15) is 27.8 Å². The summed E-state index contributed by atoms with van der Waals surface area (Å²) < 4.78 is 30.6. The third-order valence-electron chi connectivity index (χ3n) is 20.6. The molecule has 2 aliphatic rings. The molecule has 0 bridgehead atoms. The fraction of sp³-hybridized carbons (Fsp3) is 0.0341. The molecule has 0 fully saturated rings. The van der Waals surface area contributed by atoms with Crippen molar-refractivity contribution in [1.29, 1.82) is 0 Å². The van der Waals surface area contributed by atoms with Crippen LogP contribution in [0.25, 0.3) is 117 Å². The minimum atomic E-state index is -1.61. The van der Waals surface area contributed by atoms with Crippen molar-refractivity contribution in [2.24, 2.45) is 14.1 Å². The van der Waals surface area contributed by atoms with Crippen molar-refractivity contribution in [1.82, 2.24) is 38.3 Å². The summed E-state index contributed by atoms with van der Waals surface area (Å²) in [5.41, 5.74) is 20.3. The van der Waals surface area contributed by atoms with Gasteiger partial charge in [0, 0.05) is 120 Å². The number of nitrogens with zero attached hydrogens (tertiary/aromatic N) is 12. The largest absolute Gasteiger partial charge is 0.535 e.